The number of nitrogen functional groups attached to an aromatic ring is 1. The van der Waals surface area contributed by atoms with Gasteiger partial charge in [-0.05, 0) is 42.3 Å². The summed E-state index contributed by atoms with van der Waals surface area (Å²) in [5.41, 5.74) is 7.64. The van der Waals surface area contributed by atoms with Gasteiger partial charge in [0.15, 0.2) is 0 Å². The number of benzene rings is 2. The number of hydrogen-bond acceptors (Lipinski definition) is 4. The van der Waals surface area contributed by atoms with Crippen molar-refractivity contribution >= 4 is 16.6 Å². The summed E-state index contributed by atoms with van der Waals surface area (Å²) in [6, 6.07) is 12.9. The minimum absolute atomic E-state index is 0.172. The van der Waals surface area contributed by atoms with E-state index in [4.69, 9.17) is 10.5 Å². The van der Waals surface area contributed by atoms with Crippen molar-refractivity contribution in [2.45, 2.75) is 13.3 Å². The molecule has 1 heterocycles. The molecule has 3 rings (SSSR count). The van der Waals surface area contributed by atoms with Crippen LogP contribution in [0.25, 0.3) is 10.9 Å². The van der Waals surface area contributed by atoms with Gasteiger partial charge in [0.25, 0.3) is 5.56 Å². The number of fused-ring (bicyclic) bond motifs is 1. The summed E-state index contributed by atoms with van der Waals surface area (Å²) in [4.78, 5) is 18.9. The lowest BCUT2D eigenvalue weighted by atomic mass is 10.2. The fourth-order valence-electron chi connectivity index (χ4n) is 2.12. The molecule has 1 aromatic heterocycles. The first-order chi connectivity index (χ1) is 10.2. The van der Waals surface area contributed by atoms with E-state index in [1.54, 1.807) is 18.2 Å². The van der Waals surface area contributed by atoms with E-state index in [0.29, 0.717) is 22.3 Å². The highest BCUT2D eigenvalue weighted by atomic mass is 16.5. The molecule has 0 bridgehead atoms. The highest BCUT2D eigenvalue weighted by Crippen LogP contribution is 2.20. The van der Waals surface area contributed by atoms with E-state index in [9.17, 15) is 4.79 Å². The third-order valence-electron chi connectivity index (χ3n) is 3.23. The number of hydrogen-bond donors (Lipinski definition) is 2. The number of nitrogens with one attached hydrogen (secondary N) is 1. The van der Waals surface area contributed by atoms with Crippen LogP contribution in [0.1, 0.15) is 12.5 Å². The quantitative estimate of drug-likeness (QED) is 0.723. The molecule has 0 aliphatic carbocycles. The minimum atomic E-state index is -0.269. The third-order valence-corrected chi connectivity index (χ3v) is 3.23. The Kier molecular flexibility index (Phi) is 3.31. The van der Waals surface area contributed by atoms with Crippen LogP contribution in [0.3, 0.4) is 0 Å². The van der Waals surface area contributed by atoms with Gasteiger partial charge in [0, 0.05) is 5.69 Å². The van der Waals surface area contributed by atoms with Crippen LogP contribution < -0.4 is 16.0 Å². The molecule has 21 heavy (non-hydrogen) atoms. The maximum Gasteiger partial charge on any atom is 0.302 e. The Morgan fingerprint density at radius 2 is 2.10 bits per heavy atom. The normalized spacial score (nSPS) is 10.7. The molecule has 0 aliphatic heterocycles. The van der Waals surface area contributed by atoms with Crippen molar-refractivity contribution in [2.24, 2.45) is 0 Å². The van der Waals surface area contributed by atoms with Gasteiger partial charge in [-0.2, -0.15) is 4.98 Å². The maximum absolute atomic E-state index is 12.0. The molecule has 0 amide bonds. The Hall–Kier alpha value is -2.82. The number of aromatic amines is 1. The second-order valence-corrected chi connectivity index (χ2v) is 4.75. The highest BCUT2D eigenvalue weighted by Gasteiger charge is 2.06. The summed E-state index contributed by atoms with van der Waals surface area (Å²) in [6.07, 6.45) is 0.915. The molecule has 0 atom stereocenters. The summed E-state index contributed by atoms with van der Waals surface area (Å²) in [7, 11) is 0. The molecule has 3 aromatic rings. The summed E-state index contributed by atoms with van der Waals surface area (Å²) in [5, 5.41) is 0.449. The molecule has 5 heteroatoms. The first kappa shape index (κ1) is 13.2. The van der Waals surface area contributed by atoms with E-state index < -0.39 is 0 Å². The Balaban J connectivity index is 2.01. The number of aromatic nitrogens is 2. The molecule has 3 N–H and O–H groups in total. The number of aryl methyl sites for hydroxylation is 1. The van der Waals surface area contributed by atoms with E-state index in [0.717, 1.165) is 12.0 Å². The average molecular weight is 281 g/mol. The Morgan fingerprint density at radius 1 is 1.24 bits per heavy atom. The molecule has 0 saturated carbocycles. The van der Waals surface area contributed by atoms with Crippen molar-refractivity contribution in [1.82, 2.24) is 9.97 Å². The average Bonchev–Trinajstić information content (AvgIpc) is 2.48. The van der Waals surface area contributed by atoms with Crippen LogP contribution in [0, 0.1) is 0 Å². The second-order valence-electron chi connectivity index (χ2n) is 4.75. The van der Waals surface area contributed by atoms with Gasteiger partial charge in [-0.3, -0.25) is 9.78 Å². The molecule has 0 radical (unpaired) electrons. The van der Waals surface area contributed by atoms with Crippen molar-refractivity contribution < 1.29 is 4.74 Å². The molecule has 0 fully saturated rings. The number of nitrogens with zero attached hydrogens (tertiary/aromatic N) is 1. The van der Waals surface area contributed by atoms with Gasteiger partial charge in [-0.15, -0.1) is 0 Å². The monoisotopic (exact) mass is 281 g/mol. The van der Waals surface area contributed by atoms with Crippen molar-refractivity contribution in [3.63, 3.8) is 0 Å². The third kappa shape index (κ3) is 2.72. The van der Waals surface area contributed by atoms with Crippen molar-refractivity contribution in [3.8, 4) is 11.8 Å². The lowest BCUT2D eigenvalue weighted by molar-refractivity contribution is 0.442. The maximum atomic E-state index is 12.0. The molecule has 106 valence electrons. The van der Waals surface area contributed by atoms with Crippen LogP contribution in [-0.2, 0) is 6.42 Å². The van der Waals surface area contributed by atoms with E-state index >= 15 is 0 Å². The predicted octanol–water partition coefficient (Wildman–Crippen LogP) is 2.86. The van der Waals surface area contributed by atoms with Crippen LogP contribution in [0.15, 0.2) is 47.3 Å². The molecule has 0 unspecified atom stereocenters. The Bertz CT molecular complexity index is 856. The fourth-order valence-corrected chi connectivity index (χ4v) is 2.12. The van der Waals surface area contributed by atoms with Crippen molar-refractivity contribution in [1.29, 1.82) is 0 Å². The zero-order valence-corrected chi connectivity index (χ0v) is 11.6. The van der Waals surface area contributed by atoms with Crippen LogP contribution >= 0.6 is 0 Å². The first-order valence-electron chi connectivity index (χ1n) is 6.72. The minimum Gasteiger partial charge on any atom is -0.426 e. The predicted molar refractivity (Wildman–Crippen MR) is 82.7 cm³/mol. The standard InChI is InChI=1S/C16H15N3O2/c1-2-10-4-3-5-12(8-10)21-16-18-14-7-6-11(17)9-13(14)15(20)19-16/h3-9H,2,17H2,1H3,(H,18,19,20). The van der Waals surface area contributed by atoms with Gasteiger partial charge >= 0.3 is 6.01 Å². The van der Waals surface area contributed by atoms with E-state index in [1.807, 2.05) is 24.3 Å². The summed E-state index contributed by atoms with van der Waals surface area (Å²) in [6.45, 7) is 2.07. The lowest BCUT2D eigenvalue weighted by Gasteiger charge is -2.07. The Labute approximate surface area is 121 Å². The second kappa shape index (κ2) is 5.28. The Morgan fingerprint density at radius 3 is 2.90 bits per heavy atom. The molecular weight excluding hydrogens is 266 g/mol. The number of ether oxygens (including phenoxy) is 1. The molecule has 0 spiro atoms. The van der Waals surface area contributed by atoms with Gasteiger partial charge in [0.2, 0.25) is 0 Å². The molecular formula is C16H15N3O2. The van der Waals surface area contributed by atoms with Gasteiger partial charge in [-0.1, -0.05) is 19.1 Å². The largest absolute Gasteiger partial charge is 0.426 e. The molecule has 5 nitrogen and oxygen atoms in total. The zero-order chi connectivity index (χ0) is 14.8. The van der Waals surface area contributed by atoms with Crippen LogP contribution in [-0.4, -0.2) is 9.97 Å². The lowest BCUT2D eigenvalue weighted by Crippen LogP contribution is -2.09. The number of nitrogens with two attached hydrogens (primary N) is 1. The zero-order valence-electron chi connectivity index (χ0n) is 11.6. The molecule has 0 saturated heterocycles. The summed E-state index contributed by atoms with van der Waals surface area (Å²) >= 11 is 0. The summed E-state index contributed by atoms with van der Waals surface area (Å²) in [5.74, 6) is 0.646. The smallest absolute Gasteiger partial charge is 0.302 e. The van der Waals surface area contributed by atoms with Gasteiger partial charge in [0.1, 0.15) is 5.75 Å². The van der Waals surface area contributed by atoms with Gasteiger partial charge in [-0.25, -0.2) is 0 Å². The SMILES string of the molecule is CCc1cccc(Oc2nc3ccc(N)cc3c(=O)[nH]2)c1. The van der Waals surface area contributed by atoms with Crippen LogP contribution in [0.5, 0.6) is 11.8 Å². The van der Waals surface area contributed by atoms with E-state index in [-0.39, 0.29) is 11.6 Å². The number of H-pyrrole nitrogens is 1. The van der Waals surface area contributed by atoms with Crippen LogP contribution in [0.2, 0.25) is 0 Å². The van der Waals surface area contributed by atoms with Crippen molar-refractivity contribution in [3.05, 3.63) is 58.4 Å². The van der Waals surface area contributed by atoms with Gasteiger partial charge < -0.3 is 10.5 Å². The fraction of sp³-hybridized carbons (Fsp3) is 0.125. The van der Waals surface area contributed by atoms with Crippen molar-refractivity contribution in [2.75, 3.05) is 5.73 Å². The van der Waals surface area contributed by atoms with Crippen LogP contribution in [0.4, 0.5) is 5.69 Å². The van der Waals surface area contributed by atoms with Gasteiger partial charge in [0.05, 0.1) is 10.9 Å². The summed E-state index contributed by atoms with van der Waals surface area (Å²) < 4.78 is 5.64. The topological polar surface area (TPSA) is 81.0 Å². The van der Waals surface area contributed by atoms with E-state index in [1.165, 1.54) is 0 Å². The first-order valence-corrected chi connectivity index (χ1v) is 6.72. The molecule has 0 aliphatic rings. The number of rotatable bonds is 3. The number of anilines is 1. The highest BCUT2D eigenvalue weighted by molar-refractivity contribution is 5.81. The van der Waals surface area contributed by atoms with E-state index in [2.05, 4.69) is 16.9 Å². The molecule has 2 aromatic carbocycles.